The van der Waals surface area contributed by atoms with Crippen LogP contribution in [0.3, 0.4) is 0 Å². The summed E-state index contributed by atoms with van der Waals surface area (Å²) in [7, 11) is 1.68. The Morgan fingerprint density at radius 3 is 2.37 bits per heavy atom. The monoisotopic (exact) mass is 883 g/mol. The van der Waals surface area contributed by atoms with E-state index in [0.717, 1.165) is 89.7 Å². The number of nitrogens with zero attached hydrogens (tertiary/aromatic N) is 3. The molecule has 2 aliphatic rings. The normalized spacial score (nSPS) is 19.5. The largest absolute Gasteiger partial charge is 0.494 e. The first kappa shape index (κ1) is 48.0. The van der Waals surface area contributed by atoms with Gasteiger partial charge in [0.25, 0.3) is 0 Å². The van der Waals surface area contributed by atoms with Crippen LogP contribution in [0.15, 0.2) is 84.5 Å². The summed E-state index contributed by atoms with van der Waals surface area (Å²) in [6.07, 6.45) is 17.2. The van der Waals surface area contributed by atoms with Crippen LogP contribution in [0.4, 0.5) is 5.13 Å². The number of esters is 1. The quantitative estimate of drug-likeness (QED) is 0.0155. The van der Waals surface area contributed by atoms with Crippen molar-refractivity contribution in [3.05, 3.63) is 90.5 Å². The number of aromatic nitrogens is 1. The fraction of sp³-hybridized carbons (Fsp3) is 0.549. The summed E-state index contributed by atoms with van der Waals surface area (Å²) in [6.45, 7) is 9.45. The Morgan fingerprint density at radius 1 is 0.873 bits per heavy atom. The van der Waals surface area contributed by atoms with Crippen LogP contribution in [0.1, 0.15) is 114 Å². The Balaban J connectivity index is 1.02. The van der Waals surface area contributed by atoms with Crippen LogP contribution in [0.5, 0.6) is 17.2 Å². The molecule has 1 heterocycles. The summed E-state index contributed by atoms with van der Waals surface area (Å²) < 4.78 is 35.7. The average Bonchev–Trinajstić information content (AvgIpc) is 3.75. The maximum atomic E-state index is 11.1. The predicted molar refractivity (Wildman–Crippen MR) is 252 cm³/mol. The van der Waals surface area contributed by atoms with Gasteiger partial charge in [0.05, 0.1) is 62.6 Å². The van der Waals surface area contributed by atoms with Gasteiger partial charge >= 0.3 is 5.97 Å². The molecule has 1 atom stereocenters. The number of thiazole rings is 1. The first-order chi connectivity index (χ1) is 30.9. The van der Waals surface area contributed by atoms with Crippen LogP contribution in [-0.2, 0) is 19.0 Å². The minimum atomic E-state index is -0.875. The van der Waals surface area contributed by atoms with Crippen LogP contribution in [0.25, 0.3) is 10.2 Å². The van der Waals surface area contributed by atoms with Crippen molar-refractivity contribution >= 4 is 38.9 Å². The van der Waals surface area contributed by atoms with Crippen LogP contribution in [0, 0.1) is 17.8 Å². The number of carbonyl (C=O) groups excluding carboxylic acids is 1. The third-order valence-electron chi connectivity index (χ3n) is 12.3. The second-order valence-electron chi connectivity index (χ2n) is 16.9. The molecular weight excluding hydrogens is 815 g/mol. The first-order valence-electron chi connectivity index (χ1n) is 23.3. The van der Waals surface area contributed by atoms with E-state index < -0.39 is 6.29 Å². The summed E-state index contributed by atoms with van der Waals surface area (Å²) in [6, 6.07) is 22.4. The Bertz CT molecular complexity index is 1940. The molecule has 2 aliphatic carbocycles. The van der Waals surface area contributed by atoms with Crippen molar-refractivity contribution < 1.29 is 38.3 Å². The van der Waals surface area contributed by atoms with Crippen molar-refractivity contribution in [1.29, 1.82) is 0 Å². The number of benzene rings is 3. The molecule has 12 heteroatoms. The lowest BCUT2D eigenvalue weighted by molar-refractivity contribution is -0.137. The lowest BCUT2D eigenvalue weighted by Gasteiger charge is -2.31. The lowest BCUT2D eigenvalue weighted by atomic mass is 9.77. The number of para-hydroxylation sites is 1. The van der Waals surface area contributed by atoms with Gasteiger partial charge in [-0.1, -0.05) is 55.9 Å². The highest BCUT2D eigenvalue weighted by Crippen LogP contribution is 2.39. The molecular formula is C51H69N3O8S. The van der Waals surface area contributed by atoms with Crippen LogP contribution in [-0.4, -0.2) is 81.9 Å². The summed E-state index contributed by atoms with van der Waals surface area (Å²) >= 11 is 1.63. The maximum absolute atomic E-state index is 11.1. The standard InChI is InChI=1S/C51H69N3O8S/c1-4-12-38-15-19-40(20-16-38)42-23-28-47(43(35-42)36-52-54(29-32-58-34-33-57-3)51-53-46-13-8-9-14-48(46)63-51)61-37-39-17-21-41(22-18-39)50(56)62-45-26-24-44(25-27-45)59-30-10-6-7-11-31-60-49(55)5-2/h5,8-9,13-14,23-28,35-36,38-41,50,56H,2,4,6-7,10-12,15-22,29-34,37H2,1,3H3/b52-36+. The zero-order valence-electron chi connectivity index (χ0n) is 37.5. The van der Waals surface area contributed by atoms with Gasteiger partial charge in [-0.2, -0.15) is 5.10 Å². The van der Waals surface area contributed by atoms with Gasteiger partial charge < -0.3 is 33.5 Å². The zero-order chi connectivity index (χ0) is 44.1. The van der Waals surface area contributed by atoms with Crippen LogP contribution < -0.4 is 19.2 Å². The molecule has 0 spiro atoms. The number of rotatable bonds is 27. The van der Waals surface area contributed by atoms with Crippen molar-refractivity contribution in [3.8, 4) is 17.2 Å². The molecule has 1 unspecified atom stereocenters. The number of aliphatic hydroxyl groups excluding tert-OH is 1. The number of methoxy groups -OCH3 is 1. The highest BCUT2D eigenvalue weighted by atomic mass is 32.1. The Hall–Kier alpha value is -4.49. The lowest BCUT2D eigenvalue weighted by Crippen LogP contribution is -2.31. The molecule has 1 N–H and O–H groups in total. The van der Waals surface area contributed by atoms with Crippen LogP contribution >= 0.6 is 11.3 Å². The van der Waals surface area contributed by atoms with E-state index in [1.807, 2.05) is 53.7 Å². The van der Waals surface area contributed by atoms with Crippen LogP contribution in [0.2, 0.25) is 0 Å². The fourth-order valence-electron chi connectivity index (χ4n) is 8.62. The van der Waals surface area contributed by atoms with Gasteiger partial charge in [0.15, 0.2) is 6.29 Å². The van der Waals surface area contributed by atoms with E-state index >= 15 is 0 Å². The summed E-state index contributed by atoms with van der Waals surface area (Å²) in [5, 5.41) is 18.9. The van der Waals surface area contributed by atoms with Crippen molar-refractivity contribution in [3.63, 3.8) is 0 Å². The molecule has 0 saturated heterocycles. The minimum absolute atomic E-state index is 0.0545. The average molecular weight is 884 g/mol. The van der Waals surface area contributed by atoms with Gasteiger partial charge in [-0.05, 0) is 149 Å². The molecule has 0 radical (unpaired) electrons. The van der Waals surface area contributed by atoms with Gasteiger partial charge in [0, 0.05) is 24.7 Å². The molecule has 1 aromatic heterocycles. The molecule has 4 aromatic rings. The van der Waals surface area contributed by atoms with E-state index in [2.05, 4.69) is 37.8 Å². The second-order valence-corrected chi connectivity index (χ2v) is 18.0. The zero-order valence-corrected chi connectivity index (χ0v) is 38.3. The summed E-state index contributed by atoms with van der Waals surface area (Å²) in [5.41, 5.74) is 3.29. The van der Waals surface area contributed by atoms with Gasteiger partial charge in [-0.15, -0.1) is 0 Å². The third-order valence-corrected chi connectivity index (χ3v) is 13.4. The van der Waals surface area contributed by atoms with Gasteiger partial charge in [-0.3, -0.25) is 0 Å². The molecule has 0 bridgehead atoms. The summed E-state index contributed by atoms with van der Waals surface area (Å²) in [4.78, 5) is 16.0. The van der Waals surface area contributed by atoms with Crippen molar-refractivity contribution in [1.82, 2.24) is 4.98 Å². The highest BCUT2D eigenvalue weighted by Gasteiger charge is 2.29. The van der Waals surface area contributed by atoms with Gasteiger partial charge in [0.1, 0.15) is 17.2 Å². The van der Waals surface area contributed by atoms with Crippen molar-refractivity contribution in [2.45, 2.75) is 109 Å². The Labute approximate surface area is 378 Å². The van der Waals surface area contributed by atoms with E-state index in [0.29, 0.717) is 63.8 Å². The Kier molecular flexibility index (Phi) is 20.1. The van der Waals surface area contributed by atoms with E-state index in [4.69, 9.17) is 38.5 Å². The first-order valence-corrected chi connectivity index (χ1v) is 24.1. The van der Waals surface area contributed by atoms with E-state index in [1.165, 1.54) is 50.2 Å². The molecule has 63 heavy (non-hydrogen) atoms. The molecule has 3 aromatic carbocycles. The Morgan fingerprint density at radius 2 is 1.62 bits per heavy atom. The molecule has 0 aliphatic heterocycles. The SMILES string of the molecule is C=CC(=O)OCCCCCCOc1ccc(OC(O)C2CCC(COc3ccc(C4CCC(CCC)CC4)cc3/C=N/N(CCOCCOC)c3nc4ccccc4s3)CC2)cc1. The van der Waals surface area contributed by atoms with Crippen molar-refractivity contribution in [2.24, 2.45) is 22.9 Å². The molecule has 342 valence electrons. The number of ether oxygens (including phenoxy) is 6. The summed E-state index contributed by atoms with van der Waals surface area (Å²) in [5.74, 6) is 3.67. The number of hydrogen-bond donors (Lipinski definition) is 1. The predicted octanol–water partition coefficient (Wildman–Crippen LogP) is 11.1. The van der Waals surface area contributed by atoms with Gasteiger partial charge in [0.2, 0.25) is 5.13 Å². The van der Waals surface area contributed by atoms with Crippen molar-refractivity contribution in [2.75, 3.05) is 58.3 Å². The van der Waals surface area contributed by atoms with Gasteiger partial charge in [-0.25, -0.2) is 14.8 Å². The van der Waals surface area contributed by atoms with E-state index in [1.54, 1.807) is 18.4 Å². The number of hydrazone groups is 1. The molecule has 6 rings (SSSR count). The topological polar surface area (TPSA) is 121 Å². The second kappa shape index (κ2) is 26.3. The number of anilines is 1. The molecule has 11 nitrogen and oxygen atoms in total. The molecule has 2 fully saturated rings. The number of hydrogen-bond acceptors (Lipinski definition) is 12. The molecule has 2 saturated carbocycles. The third kappa shape index (κ3) is 15.6. The number of unbranched alkanes of at least 4 members (excludes halogenated alkanes) is 3. The van der Waals surface area contributed by atoms with E-state index in [-0.39, 0.29) is 11.9 Å². The fourth-order valence-corrected chi connectivity index (χ4v) is 9.57. The maximum Gasteiger partial charge on any atom is 0.330 e. The smallest absolute Gasteiger partial charge is 0.330 e. The number of carbonyl (C=O) groups is 1. The highest BCUT2D eigenvalue weighted by molar-refractivity contribution is 7.22. The molecule has 0 amide bonds. The minimum Gasteiger partial charge on any atom is -0.494 e. The number of aliphatic hydroxyl groups is 1. The van der Waals surface area contributed by atoms with E-state index in [9.17, 15) is 9.90 Å². The number of fused-ring (bicyclic) bond motifs is 1.